The van der Waals surface area contributed by atoms with Gasteiger partial charge in [0, 0.05) is 25.1 Å². The molecule has 0 unspecified atom stereocenters. The fourth-order valence-corrected chi connectivity index (χ4v) is 1.67. The molecule has 1 rings (SSSR count). The van der Waals surface area contributed by atoms with Crippen LogP contribution in [0.25, 0.3) is 0 Å². The average Bonchev–Trinajstić information content (AvgIpc) is 2.74. The van der Waals surface area contributed by atoms with E-state index in [1.165, 1.54) is 0 Å². The third-order valence-electron chi connectivity index (χ3n) is 2.77. The minimum atomic E-state index is -0.474. The molecule has 0 aromatic carbocycles. The molecule has 0 fully saturated rings. The topological polar surface area (TPSA) is 122 Å². The van der Waals surface area contributed by atoms with Gasteiger partial charge in [-0.1, -0.05) is 6.42 Å². The molecule has 0 saturated heterocycles. The van der Waals surface area contributed by atoms with Gasteiger partial charge in [0.2, 0.25) is 11.8 Å². The monoisotopic (exact) mass is 282 g/mol. The van der Waals surface area contributed by atoms with Crippen molar-refractivity contribution >= 4 is 23.6 Å². The third-order valence-corrected chi connectivity index (χ3v) is 2.77. The van der Waals surface area contributed by atoms with Crippen LogP contribution in [-0.4, -0.2) is 41.6 Å². The van der Waals surface area contributed by atoms with Crippen LogP contribution < -0.4 is 16.6 Å². The van der Waals surface area contributed by atoms with Gasteiger partial charge in [-0.2, -0.15) is 0 Å². The Kier molecular flexibility index (Phi) is 6.38. The number of carbonyl (C=O) groups excluding carboxylic acids is 4. The second-order valence-corrected chi connectivity index (χ2v) is 4.32. The van der Waals surface area contributed by atoms with Crippen LogP contribution in [0.4, 0.5) is 0 Å². The molecular formula is C12H18N4O4. The van der Waals surface area contributed by atoms with Gasteiger partial charge in [-0.3, -0.25) is 29.5 Å². The van der Waals surface area contributed by atoms with Gasteiger partial charge in [0.15, 0.2) is 0 Å². The highest BCUT2D eigenvalue weighted by molar-refractivity contribution is 6.14. The molecule has 0 bridgehead atoms. The number of imide groups is 1. The van der Waals surface area contributed by atoms with Crippen LogP contribution in [0.2, 0.25) is 0 Å². The molecule has 20 heavy (non-hydrogen) atoms. The molecule has 0 atom stereocenters. The third kappa shape index (κ3) is 5.19. The summed E-state index contributed by atoms with van der Waals surface area (Å²) in [6.45, 7) is 0.174. The first kappa shape index (κ1) is 15.8. The Labute approximate surface area is 116 Å². The SMILES string of the molecule is NNC(=O)CCCCCNC(=O)CN1C(=O)C=CC1=O. The summed E-state index contributed by atoms with van der Waals surface area (Å²) >= 11 is 0. The van der Waals surface area contributed by atoms with E-state index in [1.807, 2.05) is 5.43 Å². The van der Waals surface area contributed by atoms with Gasteiger partial charge < -0.3 is 5.32 Å². The van der Waals surface area contributed by atoms with Gasteiger partial charge in [0.1, 0.15) is 6.54 Å². The molecule has 0 saturated carbocycles. The fraction of sp³-hybridized carbons (Fsp3) is 0.500. The second kappa shape index (κ2) is 8.05. The molecule has 8 nitrogen and oxygen atoms in total. The van der Waals surface area contributed by atoms with Crippen molar-refractivity contribution in [2.45, 2.75) is 25.7 Å². The van der Waals surface area contributed by atoms with Gasteiger partial charge in [-0.25, -0.2) is 5.84 Å². The smallest absolute Gasteiger partial charge is 0.254 e. The summed E-state index contributed by atoms with van der Waals surface area (Å²) in [7, 11) is 0. The highest BCUT2D eigenvalue weighted by atomic mass is 16.2. The number of amides is 4. The molecule has 1 aliphatic heterocycles. The maximum atomic E-state index is 11.5. The average molecular weight is 282 g/mol. The van der Waals surface area contributed by atoms with Crippen molar-refractivity contribution in [2.75, 3.05) is 13.1 Å². The first-order chi connectivity index (χ1) is 9.54. The minimum Gasteiger partial charge on any atom is -0.355 e. The number of carbonyl (C=O) groups is 4. The summed E-state index contributed by atoms with van der Waals surface area (Å²) in [5.74, 6) is 3.39. The van der Waals surface area contributed by atoms with Crippen LogP contribution in [0.15, 0.2) is 12.2 Å². The predicted molar refractivity (Wildman–Crippen MR) is 69.7 cm³/mol. The summed E-state index contributed by atoms with van der Waals surface area (Å²) in [6.07, 6.45) is 4.80. The zero-order chi connectivity index (χ0) is 15.0. The van der Waals surface area contributed by atoms with Crippen molar-refractivity contribution in [3.05, 3.63) is 12.2 Å². The van der Waals surface area contributed by atoms with Crippen LogP contribution in [0.5, 0.6) is 0 Å². The lowest BCUT2D eigenvalue weighted by Crippen LogP contribution is -2.40. The number of hydrogen-bond donors (Lipinski definition) is 3. The maximum Gasteiger partial charge on any atom is 0.254 e. The van der Waals surface area contributed by atoms with Crippen LogP contribution in [-0.2, 0) is 19.2 Å². The zero-order valence-electron chi connectivity index (χ0n) is 11.1. The molecule has 4 N–H and O–H groups in total. The van der Waals surface area contributed by atoms with Gasteiger partial charge in [0.25, 0.3) is 11.8 Å². The number of rotatable bonds is 8. The quantitative estimate of drug-likeness (QED) is 0.166. The highest BCUT2D eigenvalue weighted by Crippen LogP contribution is 2.02. The van der Waals surface area contributed by atoms with E-state index in [4.69, 9.17) is 5.84 Å². The Bertz CT molecular complexity index is 415. The molecule has 0 radical (unpaired) electrons. The second-order valence-electron chi connectivity index (χ2n) is 4.32. The van der Waals surface area contributed by atoms with Crippen molar-refractivity contribution in [1.29, 1.82) is 0 Å². The highest BCUT2D eigenvalue weighted by Gasteiger charge is 2.25. The minimum absolute atomic E-state index is 0.215. The van der Waals surface area contributed by atoms with E-state index in [0.717, 1.165) is 23.5 Å². The van der Waals surface area contributed by atoms with Crippen molar-refractivity contribution in [3.63, 3.8) is 0 Å². The number of nitrogens with two attached hydrogens (primary N) is 1. The molecule has 0 aliphatic carbocycles. The first-order valence-corrected chi connectivity index (χ1v) is 6.34. The molecule has 1 aliphatic rings. The predicted octanol–water partition coefficient (Wildman–Crippen LogP) is -1.42. The fourth-order valence-electron chi connectivity index (χ4n) is 1.67. The van der Waals surface area contributed by atoms with Crippen LogP contribution in [0.3, 0.4) is 0 Å². The molecule has 4 amide bonds. The molecule has 8 heteroatoms. The number of nitrogens with one attached hydrogen (secondary N) is 2. The number of nitrogens with zero attached hydrogens (tertiary/aromatic N) is 1. The molecule has 0 aromatic heterocycles. The standard InChI is InChI=1S/C12H18N4O4/c13-15-9(17)4-2-1-3-7-14-10(18)8-16-11(19)5-6-12(16)20/h5-6H,1-4,7-8,13H2,(H,14,18)(H,15,17). The Balaban J connectivity index is 2.08. The van der Waals surface area contributed by atoms with Crippen molar-refractivity contribution in [1.82, 2.24) is 15.6 Å². The van der Waals surface area contributed by atoms with E-state index in [2.05, 4.69) is 5.32 Å². The lowest BCUT2D eigenvalue weighted by molar-refractivity contribution is -0.141. The number of hydrogen-bond acceptors (Lipinski definition) is 5. The lowest BCUT2D eigenvalue weighted by atomic mass is 10.2. The summed E-state index contributed by atoms with van der Waals surface area (Å²) in [5, 5.41) is 2.61. The van der Waals surface area contributed by atoms with Crippen LogP contribution in [0.1, 0.15) is 25.7 Å². The van der Waals surface area contributed by atoms with Gasteiger partial charge in [0.05, 0.1) is 0 Å². The number of unbranched alkanes of at least 4 members (excludes halogenated alkanes) is 2. The van der Waals surface area contributed by atoms with Gasteiger partial charge in [-0.15, -0.1) is 0 Å². The van der Waals surface area contributed by atoms with Crippen molar-refractivity contribution < 1.29 is 19.2 Å². The van der Waals surface area contributed by atoms with E-state index in [9.17, 15) is 19.2 Å². The van der Waals surface area contributed by atoms with Crippen LogP contribution >= 0.6 is 0 Å². The normalized spacial score (nSPS) is 13.8. The largest absolute Gasteiger partial charge is 0.355 e. The molecule has 0 spiro atoms. The first-order valence-electron chi connectivity index (χ1n) is 6.34. The molecule has 110 valence electrons. The Morgan fingerprint density at radius 1 is 1.05 bits per heavy atom. The summed E-state index contributed by atoms with van der Waals surface area (Å²) in [5.41, 5.74) is 2.04. The van der Waals surface area contributed by atoms with Crippen molar-refractivity contribution in [3.8, 4) is 0 Å². The summed E-state index contributed by atoms with van der Waals surface area (Å²) < 4.78 is 0. The zero-order valence-corrected chi connectivity index (χ0v) is 11.1. The van der Waals surface area contributed by atoms with E-state index in [1.54, 1.807) is 0 Å². The summed E-state index contributed by atoms with van der Waals surface area (Å²) in [4.78, 5) is 45.6. The van der Waals surface area contributed by atoms with Crippen molar-refractivity contribution in [2.24, 2.45) is 5.84 Å². The maximum absolute atomic E-state index is 11.5. The number of hydrazine groups is 1. The van der Waals surface area contributed by atoms with E-state index in [-0.39, 0.29) is 18.4 Å². The Morgan fingerprint density at radius 2 is 1.70 bits per heavy atom. The van der Waals surface area contributed by atoms with E-state index >= 15 is 0 Å². The molecule has 0 aromatic rings. The molecule has 1 heterocycles. The summed E-state index contributed by atoms with van der Waals surface area (Å²) in [6, 6.07) is 0. The molecular weight excluding hydrogens is 264 g/mol. The van der Waals surface area contributed by atoms with Gasteiger partial charge >= 0.3 is 0 Å². The Morgan fingerprint density at radius 3 is 2.30 bits per heavy atom. The van der Waals surface area contributed by atoms with Gasteiger partial charge in [-0.05, 0) is 12.8 Å². The van der Waals surface area contributed by atoms with E-state index in [0.29, 0.717) is 25.8 Å². The Hall–Kier alpha value is -2.22. The lowest BCUT2D eigenvalue weighted by Gasteiger charge is -2.13. The van der Waals surface area contributed by atoms with E-state index < -0.39 is 11.8 Å². The van der Waals surface area contributed by atoms with Crippen LogP contribution in [0, 0.1) is 0 Å².